The molecule has 3 heteroatoms. The van der Waals surface area contributed by atoms with E-state index in [-0.39, 0.29) is 5.78 Å². The Morgan fingerprint density at radius 1 is 1.12 bits per heavy atom. The minimum absolute atomic E-state index is 0.288. The number of Topliss-reactive ketones (excluding diaryl/α,β-unsaturated/α-hetero) is 1. The topological polar surface area (TPSA) is 37.4 Å². The summed E-state index contributed by atoms with van der Waals surface area (Å²) in [6, 6.07) is 8.50. The zero-order chi connectivity index (χ0) is 17.5. The van der Waals surface area contributed by atoms with Crippen molar-refractivity contribution >= 4 is 11.7 Å². The summed E-state index contributed by atoms with van der Waals surface area (Å²) in [6.45, 7) is 7.98. The first-order valence-corrected chi connectivity index (χ1v) is 9.38. The minimum atomic E-state index is 0.288. The van der Waals surface area contributed by atoms with E-state index in [0.717, 1.165) is 37.9 Å². The third kappa shape index (κ3) is 5.47. The number of carbonyl (C=O) groups is 2. The predicted octanol–water partition coefficient (Wildman–Crippen LogP) is 4.35. The van der Waals surface area contributed by atoms with Crippen LogP contribution in [0.25, 0.3) is 0 Å². The maximum Gasteiger partial charge on any atom is 0.222 e. The smallest absolute Gasteiger partial charge is 0.222 e. The second kappa shape index (κ2) is 9.00. The number of benzene rings is 1. The molecular weight excluding hydrogens is 298 g/mol. The van der Waals surface area contributed by atoms with Gasteiger partial charge < -0.3 is 4.90 Å². The van der Waals surface area contributed by atoms with Crippen LogP contribution in [-0.2, 0) is 16.0 Å². The fourth-order valence-corrected chi connectivity index (χ4v) is 3.29. The molecule has 2 rings (SSSR count). The second-order valence-corrected chi connectivity index (χ2v) is 7.40. The molecule has 132 valence electrons. The molecule has 0 N–H and O–H groups in total. The van der Waals surface area contributed by atoms with Crippen molar-refractivity contribution < 1.29 is 9.59 Å². The van der Waals surface area contributed by atoms with Crippen molar-refractivity contribution in [2.45, 2.75) is 65.2 Å². The Kier molecular flexibility index (Phi) is 7.01. The number of carbonyl (C=O) groups excluding carboxylic acids is 2. The van der Waals surface area contributed by atoms with E-state index in [1.165, 1.54) is 5.56 Å². The van der Waals surface area contributed by atoms with Gasteiger partial charge in [-0.15, -0.1) is 0 Å². The summed E-state index contributed by atoms with van der Waals surface area (Å²) in [6.07, 6.45) is 4.89. The highest BCUT2D eigenvalue weighted by Crippen LogP contribution is 2.28. The first-order valence-electron chi connectivity index (χ1n) is 9.38. The molecule has 1 heterocycles. The molecule has 1 aliphatic rings. The van der Waals surface area contributed by atoms with E-state index in [9.17, 15) is 9.59 Å². The number of ketones is 1. The van der Waals surface area contributed by atoms with Gasteiger partial charge in [0.05, 0.1) is 0 Å². The molecule has 0 spiro atoms. The number of nitrogens with zero attached hydrogens (tertiary/aromatic N) is 1. The molecule has 0 radical (unpaired) electrons. The Bertz CT molecular complexity index is 539. The molecule has 1 fully saturated rings. The highest BCUT2D eigenvalue weighted by Gasteiger charge is 2.23. The molecule has 1 aromatic rings. The van der Waals surface area contributed by atoms with E-state index in [2.05, 4.69) is 38.1 Å². The summed E-state index contributed by atoms with van der Waals surface area (Å²) in [5, 5.41) is 0. The van der Waals surface area contributed by atoms with Gasteiger partial charge in [-0.1, -0.05) is 45.0 Å². The molecular formula is C21H31NO2. The standard InChI is InChI=1S/C21H31NO2/c1-4-20(23)15-17-6-8-18(9-7-17)19-11-13-22(14-12-19)21(24)10-5-16(2)3/h6-9,16,19H,4-5,10-15H2,1-3H3. The highest BCUT2D eigenvalue weighted by atomic mass is 16.2. The van der Waals surface area contributed by atoms with Gasteiger partial charge in [0.15, 0.2) is 0 Å². The van der Waals surface area contributed by atoms with Crippen molar-refractivity contribution in [1.29, 1.82) is 0 Å². The van der Waals surface area contributed by atoms with Crippen LogP contribution >= 0.6 is 0 Å². The van der Waals surface area contributed by atoms with Crippen molar-refractivity contribution in [3.63, 3.8) is 0 Å². The van der Waals surface area contributed by atoms with Crippen molar-refractivity contribution in [3.8, 4) is 0 Å². The molecule has 0 aliphatic carbocycles. The van der Waals surface area contributed by atoms with Crippen molar-refractivity contribution in [2.24, 2.45) is 5.92 Å². The van der Waals surface area contributed by atoms with Gasteiger partial charge in [0.2, 0.25) is 5.91 Å². The van der Waals surface area contributed by atoms with Gasteiger partial charge in [0.1, 0.15) is 5.78 Å². The van der Waals surface area contributed by atoms with Crippen molar-refractivity contribution in [3.05, 3.63) is 35.4 Å². The number of piperidine rings is 1. The lowest BCUT2D eigenvalue weighted by Gasteiger charge is -2.32. The average molecular weight is 329 g/mol. The monoisotopic (exact) mass is 329 g/mol. The maximum absolute atomic E-state index is 12.2. The first-order chi connectivity index (χ1) is 11.5. The van der Waals surface area contributed by atoms with Gasteiger partial charge >= 0.3 is 0 Å². The largest absolute Gasteiger partial charge is 0.343 e. The van der Waals surface area contributed by atoms with Crippen LogP contribution in [0, 0.1) is 5.92 Å². The summed E-state index contributed by atoms with van der Waals surface area (Å²) in [4.78, 5) is 25.8. The molecule has 0 bridgehead atoms. The summed E-state index contributed by atoms with van der Waals surface area (Å²) < 4.78 is 0. The number of hydrogen-bond donors (Lipinski definition) is 0. The number of rotatable bonds is 7. The van der Waals surface area contributed by atoms with Crippen LogP contribution in [0.2, 0.25) is 0 Å². The van der Waals surface area contributed by atoms with E-state index in [1.807, 2.05) is 11.8 Å². The normalized spacial score (nSPS) is 15.8. The van der Waals surface area contributed by atoms with Crippen molar-refractivity contribution in [1.82, 2.24) is 4.90 Å². The molecule has 1 aliphatic heterocycles. The Hall–Kier alpha value is -1.64. The van der Waals surface area contributed by atoms with Gasteiger partial charge in [0, 0.05) is 32.4 Å². The Balaban J connectivity index is 1.83. The van der Waals surface area contributed by atoms with Gasteiger partial charge in [-0.2, -0.15) is 0 Å². The summed E-state index contributed by atoms with van der Waals surface area (Å²) in [5.41, 5.74) is 2.45. The fraction of sp³-hybridized carbons (Fsp3) is 0.619. The summed E-state index contributed by atoms with van der Waals surface area (Å²) in [7, 11) is 0. The molecule has 1 saturated heterocycles. The van der Waals surface area contributed by atoms with E-state index < -0.39 is 0 Å². The Morgan fingerprint density at radius 3 is 2.29 bits per heavy atom. The van der Waals surface area contributed by atoms with Gasteiger partial charge in [-0.3, -0.25) is 9.59 Å². The number of likely N-dealkylation sites (tertiary alicyclic amines) is 1. The first kappa shape index (κ1) is 18.7. The zero-order valence-electron chi connectivity index (χ0n) is 15.4. The van der Waals surface area contributed by atoms with E-state index in [0.29, 0.717) is 37.0 Å². The highest BCUT2D eigenvalue weighted by molar-refractivity contribution is 5.80. The van der Waals surface area contributed by atoms with Gasteiger partial charge in [-0.05, 0) is 42.2 Å². The Labute approximate surface area is 146 Å². The number of amides is 1. The molecule has 0 unspecified atom stereocenters. The van der Waals surface area contributed by atoms with E-state index >= 15 is 0 Å². The van der Waals surface area contributed by atoms with Crippen LogP contribution in [0.4, 0.5) is 0 Å². The van der Waals surface area contributed by atoms with Crippen LogP contribution < -0.4 is 0 Å². The molecule has 1 amide bonds. The maximum atomic E-state index is 12.2. The minimum Gasteiger partial charge on any atom is -0.343 e. The molecule has 24 heavy (non-hydrogen) atoms. The van der Waals surface area contributed by atoms with Gasteiger partial charge in [0.25, 0.3) is 0 Å². The van der Waals surface area contributed by atoms with Gasteiger partial charge in [-0.25, -0.2) is 0 Å². The SMILES string of the molecule is CCC(=O)Cc1ccc(C2CCN(C(=O)CCC(C)C)CC2)cc1. The lowest BCUT2D eigenvalue weighted by atomic mass is 9.88. The van der Waals surface area contributed by atoms with E-state index in [4.69, 9.17) is 0 Å². The third-order valence-electron chi connectivity index (χ3n) is 5.03. The van der Waals surface area contributed by atoms with Crippen LogP contribution in [0.5, 0.6) is 0 Å². The second-order valence-electron chi connectivity index (χ2n) is 7.40. The molecule has 3 nitrogen and oxygen atoms in total. The van der Waals surface area contributed by atoms with Crippen LogP contribution in [0.3, 0.4) is 0 Å². The Morgan fingerprint density at radius 2 is 1.75 bits per heavy atom. The fourth-order valence-electron chi connectivity index (χ4n) is 3.29. The average Bonchev–Trinajstić information content (AvgIpc) is 2.60. The lowest BCUT2D eigenvalue weighted by molar-refractivity contribution is -0.132. The lowest BCUT2D eigenvalue weighted by Crippen LogP contribution is -2.37. The van der Waals surface area contributed by atoms with E-state index in [1.54, 1.807) is 0 Å². The van der Waals surface area contributed by atoms with Crippen LogP contribution in [-0.4, -0.2) is 29.7 Å². The zero-order valence-corrected chi connectivity index (χ0v) is 15.4. The predicted molar refractivity (Wildman–Crippen MR) is 98.1 cm³/mol. The number of hydrogen-bond acceptors (Lipinski definition) is 2. The van der Waals surface area contributed by atoms with Crippen molar-refractivity contribution in [2.75, 3.05) is 13.1 Å². The summed E-state index contributed by atoms with van der Waals surface area (Å²) in [5.74, 6) is 1.73. The molecule has 0 saturated carbocycles. The third-order valence-corrected chi connectivity index (χ3v) is 5.03. The summed E-state index contributed by atoms with van der Waals surface area (Å²) >= 11 is 0. The quantitative estimate of drug-likeness (QED) is 0.746. The van der Waals surface area contributed by atoms with Crippen LogP contribution in [0.15, 0.2) is 24.3 Å². The molecule has 0 atom stereocenters. The molecule has 1 aromatic carbocycles. The van der Waals surface area contributed by atoms with Crippen LogP contribution in [0.1, 0.15) is 69.9 Å². The molecule has 0 aromatic heterocycles.